The summed E-state index contributed by atoms with van der Waals surface area (Å²) in [6.07, 6.45) is 3.96. The number of halogens is 3. The predicted octanol–water partition coefficient (Wildman–Crippen LogP) is 3.29. The normalized spacial score (nSPS) is 16.2. The van der Waals surface area contributed by atoms with Gasteiger partial charge in [-0.25, -0.2) is 13.8 Å². The molecule has 2 rings (SSSR count). The van der Waals surface area contributed by atoms with Crippen molar-refractivity contribution in [3.8, 4) is 0 Å². The SMILES string of the molecule is C=CCN1CCC(NC(=NCc2cc(F)ccc2F)NCC)CC1.I. The molecule has 0 spiro atoms. The molecule has 0 amide bonds. The summed E-state index contributed by atoms with van der Waals surface area (Å²) in [6, 6.07) is 3.77. The van der Waals surface area contributed by atoms with E-state index in [4.69, 9.17) is 0 Å². The Morgan fingerprint density at radius 3 is 2.72 bits per heavy atom. The van der Waals surface area contributed by atoms with Gasteiger partial charge in [-0.15, -0.1) is 30.6 Å². The van der Waals surface area contributed by atoms with Gasteiger partial charge in [0.25, 0.3) is 0 Å². The van der Waals surface area contributed by atoms with Crippen molar-refractivity contribution in [2.45, 2.75) is 32.4 Å². The van der Waals surface area contributed by atoms with Crippen molar-refractivity contribution in [3.63, 3.8) is 0 Å². The first-order chi connectivity index (χ1) is 11.6. The van der Waals surface area contributed by atoms with E-state index in [1.807, 2.05) is 13.0 Å². The minimum absolute atomic E-state index is 0. The van der Waals surface area contributed by atoms with Gasteiger partial charge in [-0.1, -0.05) is 6.08 Å². The molecule has 1 fully saturated rings. The minimum atomic E-state index is -0.450. The standard InChI is InChI=1S/C18H26F2N4.HI/c1-3-9-24-10-7-16(8-11-24)23-18(21-4-2)22-13-14-12-15(19)5-6-17(14)20;/h3,5-6,12,16H,1,4,7-11,13H2,2H3,(H2,21,22,23);1H. The van der Waals surface area contributed by atoms with Crippen LogP contribution in [0.1, 0.15) is 25.3 Å². The largest absolute Gasteiger partial charge is 0.357 e. The number of hydrogen-bond acceptors (Lipinski definition) is 2. The smallest absolute Gasteiger partial charge is 0.191 e. The van der Waals surface area contributed by atoms with Crippen LogP contribution < -0.4 is 10.6 Å². The Kier molecular flexibility index (Phi) is 9.96. The molecule has 0 radical (unpaired) electrons. The van der Waals surface area contributed by atoms with Crippen LogP contribution in [0, 0.1) is 11.6 Å². The van der Waals surface area contributed by atoms with E-state index >= 15 is 0 Å². The van der Waals surface area contributed by atoms with E-state index in [1.165, 1.54) is 6.07 Å². The predicted molar refractivity (Wildman–Crippen MR) is 109 cm³/mol. The second-order valence-corrected chi connectivity index (χ2v) is 5.94. The summed E-state index contributed by atoms with van der Waals surface area (Å²) in [5, 5.41) is 6.56. The molecule has 1 aromatic rings. The van der Waals surface area contributed by atoms with Crippen molar-refractivity contribution in [2.75, 3.05) is 26.2 Å². The molecule has 1 aliphatic rings. The Morgan fingerprint density at radius 2 is 2.08 bits per heavy atom. The van der Waals surface area contributed by atoms with Crippen LogP contribution in [0.4, 0.5) is 8.78 Å². The third kappa shape index (κ3) is 7.27. The molecule has 1 heterocycles. The molecular weight excluding hydrogens is 437 g/mol. The number of aliphatic imine (C=N–C) groups is 1. The van der Waals surface area contributed by atoms with Crippen molar-refractivity contribution in [3.05, 3.63) is 48.1 Å². The molecule has 25 heavy (non-hydrogen) atoms. The molecule has 1 aromatic carbocycles. The first-order valence-electron chi connectivity index (χ1n) is 8.44. The lowest BCUT2D eigenvalue weighted by molar-refractivity contribution is 0.225. The first-order valence-corrected chi connectivity index (χ1v) is 8.44. The van der Waals surface area contributed by atoms with Crippen LogP contribution in [0.3, 0.4) is 0 Å². The Hall–Kier alpha value is -1.22. The molecule has 1 saturated heterocycles. The summed E-state index contributed by atoms with van der Waals surface area (Å²) >= 11 is 0. The van der Waals surface area contributed by atoms with Gasteiger partial charge in [0.2, 0.25) is 0 Å². The Labute approximate surface area is 165 Å². The maximum Gasteiger partial charge on any atom is 0.191 e. The molecule has 2 N–H and O–H groups in total. The second kappa shape index (κ2) is 11.4. The Balaban J connectivity index is 0.00000312. The molecule has 0 aromatic heterocycles. The van der Waals surface area contributed by atoms with Gasteiger partial charge < -0.3 is 10.6 Å². The van der Waals surface area contributed by atoms with Crippen LogP contribution in [0.2, 0.25) is 0 Å². The molecule has 1 aliphatic heterocycles. The quantitative estimate of drug-likeness (QED) is 0.294. The van der Waals surface area contributed by atoms with Crippen molar-refractivity contribution in [2.24, 2.45) is 4.99 Å². The van der Waals surface area contributed by atoms with Crippen LogP contribution >= 0.6 is 24.0 Å². The highest BCUT2D eigenvalue weighted by atomic mass is 127. The highest BCUT2D eigenvalue weighted by molar-refractivity contribution is 14.0. The molecule has 7 heteroatoms. The summed E-state index contributed by atoms with van der Waals surface area (Å²) < 4.78 is 26.9. The monoisotopic (exact) mass is 464 g/mol. The molecule has 4 nitrogen and oxygen atoms in total. The molecule has 140 valence electrons. The van der Waals surface area contributed by atoms with Gasteiger partial charge >= 0.3 is 0 Å². The lowest BCUT2D eigenvalue weighted by Gasteiger charge is -2.32. The molecule has 0 aliphatic carbocycles. The van der Waals surface area contributed by atoms with Gasteiger partial charge in [0.1, 0.15) is 11.6 Å². The van der Waals surface area contributed by atoms with Crippen LogP contribution in [0.5, 0.6) is 0 Å². The number of nitrogens with one attached hydrogen (secondary N) is 2. The zero-order valence-electron chi connectivity index (χ0n) is 14.6. The molecule has 0 bridgehead atoms. The lowest BCUT2D eigenvalue weighted by atomic mass is 10.1. The van der Waals surface area contributed by atoms with Gasteiger partial charge in [0, 0.05) is 37.8 Å². The van der Waals surface area contributed by atoms with Crippen molar-refractivity contribution < 1.29 is 8.78 Å². The lowest BCUT2D eigenvalue weighted by Crippen LogP contribution is -2.48. The number of hydrogen-bond donors (Lipinski definition) is 2. The molecule has 0 atom stereocenters. The van der Waals surface area contributed by atoms with Crippen molar-refractivity contribution in [1.82, 2.24) is 15.5 Å². The number of piperidine rings is 1. The fraction of sp³-hybridized carbons (Fsp3) is 0.500. The number of rotatable bonds is 6. The summed E-state index contributed by atoms with van der Waals surface area (Å²) in [5.41, 5.74) is 0.257. The molecule has 0 unspecified atom stereocenters. The highest BCUT2D eigenvalue weighted by Gasteiger charge is 2.19. The van der Waals surface area contributed by atoms with Crippen molar-refractivity contribution >= 4 is 29.9 Å². The van der Waals surface area contributed by atoms with Gasteiger partial charge in [0.15, 0.2) is 5.96 Å². The maximum absolute atomic E-state index is 13.7. The summed E-state index contributed by atoms with van der Waals surface area (Å²) in [6.45, 7) is 9.52. The van der Waals surface area contributed by atoms with Crippen molar-refractivity contribution in [1.29, 1.82) is 0 Å². The Bertz CT molecular complexity index is 572. The number of benzene rings is 1. The van der Waals surface area contributed by atoms with Gasteiger partial charge in [0.05, 0.1) is 6.54 Å². The van der Waals surface area contributed by atoms with E-state index in [0.717, 1.165) is 44.6 Å². The molecule has 0 saturated carbocycles. The third-order valence-corrected chi connectivity index (χ3v) is 4.08. The Morgan fingerprint density at radius 1 is 1.36 bits per heavy atom. The zero-order valence-corrected chi connectivity index (χ0v) is 16.9. The van der Waals surface area contributed by atoms with Crippen LogP contribution in [0.25, 0.3) is 0 Å². The maximum atomic E-state index is 13.7. The zero-order chi connectivity index (χ0) is 17.4. The molecular formula is C18H27F2IN4. The number of guanidine groups is 1. The van der Waals surface area contributed by atoms with E-state index in [1.54, 1.807) is 0 Å². The van der Waals surface area contributed by atoms with E-state index in [-0.39, 0.29) is 36.1 Å². The summed E-state index contributed by atoms with van der Waals surface area (Å²) in [5.74, 6) is -0.244. The van der Waals surface area contributed by atoms with E-state index in [9.17, 15) is 8.78 Å². The second-order valence-electron chi connectivity index (χ2n) is 5.94. The fourth-order valence-electron chi connectivity index (χ4n) is 2.78. The van der Waals surface area contributed by atoms with Crippen LogP contribution in [-0.4, -0.2) is 43.1 Å². The minimum Gasteiger partial charge on any atom is -0.357 e. The average molecular weight is 464 g/mol. The highest BCUT2D eigenvalue weighted by Crippen LogP contribution is 2.12. The third-order valence-electron chi connectivity index (χ3n) is 4.08. The average Bonchev–Trinajstić information content (AvgIpc) is 2.57. The van der Waals surface area contributed by atoms with Gasteiger partial charge in [-0.3, -0.25) is 4.90 Å². The fourth-order valence-corrected chi connectivity index (χ4v) is 2.78. The number of likely N-dealkylation sites (tertiary alicyclic amines) is 1. The van der Waals surface area contributed by atoms with Crippen LogP contribution in [0.15, 0.2) is 35.8 Å². The van der Waals surface area contributed by atoms with Gasteiger partial charge in [-0.05, 0) is 38.0 Å². The van der Waals surface area contributed by atoms with E-state index < -0.39 is 11.6 Å². The van der Waals surface area contributed by atoms with E-state index in [2.05, 4.69) is 27.1 Å². The topological polar surface area (TPSA) is 39.7 Å². The van der Waals surface area contributed by atoms with Crippen LogP contribution in [-0.2, 0) is 6.54 Å². The summed E-state index contributed by atoms with van der Waals surface area (Å²) in [4.78, 5) is 6.75. The van der Waals surface area contributed by atoms with E-state index in [0.29, 0.717) is 18.5 Å². The summed E-state index contributed by atoms with van der Waals surface area (Å²) in [7, 11) is 0. The van der Waals surface area contributed by atoms with Gasteiger partial charge in [-0.2, -0.15) is 0 Å². The number of nitrogens with zero attached hydrogens (tertiary/aromatic N) is 2. The first kappa shape index (κ1) is 21.8.